The fourth-order valence-corrected chi connectivity index (χ4v) is 3.31. The van der Waals surface area contributed by atoms with Gasteiger partial charge in [-0.3, -0.25) is 4.99 Å². The van der Waals surface area contributed by atoms with E-state index < -0.39 is 10.0 Å². The quantitative estimate of drug-likeness (QED) is 0.255. The van der Waals surface area contributed by atoms with Crippen LogP contribution in [0.2, 0.25) is 5.02 Å². The largest absolute Gasteiger partial charge is 0.355 e. The lowest BCUT2D eigenvalue weighted by atomic mass is 10.4. The van der Waals surface area contributed by atoms with E-state index in [4.69, 9.17) is 11.6 Å². The summed E-state index contributed by atoms with van der Waals surface area (Å²) in [6.07, 6.45) is 1.14. The van der Waals surface area contributed by atoms with E-state index in [1.165, 1.54) is 12.1 Å². The van der Waals surface area contributed by atoms with Gasteiger partial charge in [0.15, 0.2) is 5.96 Å². The van der Waals surface area contributed by atoms with Gasteiger partial charge in [-0.1, -0.05) is 24.6 Å². The third-order valence-electron chi connectivity index (χ3n) is 3.47. The second-order valence-corrected chi connectivity index (χ2v) is 7.52. The monoisotopic (exact) mass is 472 g/mol. The summed E-state index contributed by atoms with van der Waals surface area (Å²) in [6.45, 7) is 2.88. The Labute approximate surface area is 159 Å². The van der Waals surface area contributed by atoms with Gasteiger partial charge in [0.1, 0.15) is 0 Å². The Hall–Kier alpha value is -0.580. The maximum atomic E-state index is 12.1. The standard InChI is InChI=1S/C14H21ClN4O2S.HI/c1-10-8-13(10)19-14(16-2)17-6-7-18-22(20,21)12-5-3-4-11(15)9-12;/h3-5,9-10,13,18H,6-8H2,1-2H3,(H2,16,17,19);1H. The zero-order valence-corrected chi connectivity index (χ0v) is 16.9. The van der Waals surface area contributed by atoms with Crippen LogP contribution < -0.4 is 15.4 Å². The smallest absolute Gasteiger partial charge is 0.240 e. The first kappa shape index (κ1) is 20.5. The highest BCUT2D eigenvalue weighted by Gasteiger charge is 2.33. The van der Waals surface area contributed by atoms with E-state index >= 15 is 0 Å². The van der Waals surface area contributed by atoms with Gasteiger partial charge < -0.3 is 10.6 Å². The molecule has 1 fully saturated rings. The number of nitrogens with one attached hydrogen (secondary N) is 3. The van der Waals surface area contributed by atoms with E-state index in [-0.39, 0.29) is 35.4 Å². The SMILES string of the molecule is CN=C(NCCNS(=O)(=O)c1cccc(Cl)c1)NC1CC1C.I. The van der Waals surface area contributed by atoms with Gasteiger partial charge in [0.05, 0.1) is 4.90 Å². The normalized spacial score (nSPS) is 20.6. The average molecular weight is 473 g/mol. The predicted octanol–water partition coefficient (Wildman–Crippen LogP) is 1.81. The number of guanidine groups is 1. The molecular formula is C14H22ClIN4O2S. The molecule has 23 heavy (non-hydrogen) atoms. The molecule has 0 amide bonds. The molecule has 0 radical (unpaired) electrons. The van der Waals surface area contributed by atoms with Crippen molar-refractivity contribution in [3.05, 3.63) is 29.3 Å². The van der Waals surface area contributed by atoms with Gasteiger partial charge in [0.2, 0.25) is 10.0 Å². The number of nitrogens with zero attached hydrogens (tertiary/aromatic N) is 1. The van der Waals surface area contributed by atoms with Crippen LogP contribution in [0.3, 0.4) is 0 Å². The summed E-state index contributed by atoms with van der Waals surface area (Å²) < 4.78 is 26.7. The van der Waals surface area contributed by atoms with Crippen LogP contribution in [0.15, 0.2) is 34.2 Å². The highest BCUT2D eigenvalue weighted by atomic mass is 127. The lowest BCUT2D eigenvalue weighted by molar-refractivity contribution is 0.580. The first-order valence-corrected chi connectivity index (χ1v) is 9.01. The summed E-state index contributed by atoms with van der Waals surface area (Å²) in [6, 6.07) is 6.64. The minimum atomic E-state index is -3.54. The van der Waals surface area contributed by atoms with Crippen molar-refractivity contribution in [2.75, 3.05) is 20.1 Å². The lowest BCUT2D eigenvalue weighted by Gasteiger charge is -2.12. The summed E-state index contributed by atoms with van der Waals surface area (Å²) in [7, 11) is -1.85. The Bertz CT molecular complexity index is 654. The molecule has 0 spiro atoms. The molecule has 2 atom stereocenters. The molecule has 1 aliphatic carbocycles. The minimum Gasteiger partial charge on any atom is -0.355 e. The molecule has 9 heteroatoms. The first-order chi connectivity index (χ1) is 10.4. The molecule has 6 nitrogen and oxygen atoms in total. The minimum absolute atomic E-state index is 0. The van der Waals surface area contributed by atoms with Gasteiger partial charge >= 0.3 is 0 Å². The second kappa shape index (κ2) is 9.05. The van der Waals surface area contributed by atoms with Gasteiger partial charge in [0, 0.05) is 31.2 Å². The fourth-order valence-electron chi connectivity index (χ4n) is 1.98. The number of halogens is 2. The van der Waals surface area contributed by atoms with Crippen LogP contribution in [0.4, 0.5) is 0 Å². The molecule has 1 aromatic carbocycles. The zero-order valence-electron chi connectivity index (χ0n) is 13.0. The molecule has 0 saturated heterocycles. The second-order valence-electron chi connectivity index (χ2n) is 5.32. The highest BCUT2D eigenvalue weighted by molar-refractivity contribution is 14.0. The Morgan fingerprint density at radius 3 is 2.65 bits per heavy atom. The van der Waals surface area contributed by atoms with E-state index in [1.54, 1.807) is 19.2 Å². The van der Waals surface area contributed by atoms with Crippen molar-refractivity contribution in [3.8, 4) is 0 Å². The van der Waals surface area contributed by atoms with Gasteiger partial charge in [-0.05, 0) is 30.5 Å². The Balaban J connectivity index is 0.00000264. The fraction of sp³-hybridized carbons (Fsp3) is 0.500. The molecule has 0 aromatic heterocycles. The van der Waals surface area contributed by atoms with Gasteiger partial charge in [-0.2, -0.15) is 0 Å². The molecule has 3 N–H and O–H groups in total. The lowest BCUT2D eigenvalue weighted by Crippen LogP contribution is -2.42. The van der Waals surface area contributed by atoms with Crippen LogP contribution in [0.1, 0.15) is 13.3 Å². The van der Waals surface area contributed by atoms with Gasteiger partial charge in [-0.15, -0.1) is 24.0 Å². The van der Waals surface area contributed by atoms with Crippen LogP contribution in [-0.2, 0) is 10.0 Å². The third kappa shape index (κ3) is 6.44. The van der Waals surface area contributed by atoms with E-state index in [1.807, 2.05) is 0 Å². The highest BCUT2D eigenvalue weighted by Crippen LogP contribution is 2.28. The maximum Gasteiger partial charge on any atom is 0.240 e. The number of rotatable bonds is 6. The van der Waals surface area contributed by atoms with E-state index in [2.05, 4.69) is 27.3 Å². The van der Waals surface area contributed by atoms with Crippen molar-refractivity contribution in [2.45, 2.75) is 24.3 Å². The van der Waals surface area contributed by atoms with Crippen molar-refractivity contribution >= 4 is 51.6 Å². The van der Waals surface area contributed by atoms with Gasteiger partial charge in [-0.25, -0.2) is 13.1 Å². The summed E-state index contributed by atoms with van der Waals surface area (Å²) in [5, 5.41) is 6.75. The summed E-state index contributed by atoms with van der Waals surface area (Å²) >= 11 is 5.81. The molecule has 1 aliphatic rings. The predicted molar refractivity (Wildman–Crippen MR) is 104 cm³/mol. The molecule has 2 unspecified atom stereocenters. The Morgan fingerprint density at radius 1 is 1.39 bits per heavy atom. The molecule has 130 valence electrons. The van der Waals surface area contributed by atoms with Crippen molar-refractivity contribution in [3.63, 3.8) is 0 Å². The number of hydrogen-bond donors (Lipinski definition) is 3. The Kier molecular flexibility index (Phi) is 8.05. The summed E-state index contributed by atoms with van der Waals surface area (Å²) in [5.74, 6) is 1.36. The zero-order chi connectivity index (χ0) is 16.2. The van der Waals surface area contributed by atoms with E-state index in [0.29, 0.717) is 29.5 Å². The topological polar surface area (TPSA) is 82.6 Å². The number of hydrogen-bond acceptors (Lipinski definition) is 3. The summed E-state index contributed by atoms with van der Waals surface area (Å²) in [4.78, 5) is 4.27. The van der Waals surface area contributed by atoms with Gasteiger partial charge in [0.25, 0.3) is 0 Å². The van der Waals surface area contributed by atoms with Crippen LogP contribution >= 0.6 is 35.6 Å². The maximum absolute atomic E-state index is 12.1. The number of aliphatic imine (C=N–C) groups is 1. The van der Waals surface area contributed by atoms with E-state index in [0.717, 1.165) is 6.42 Å². The molecule has 0 heterocycles. The van der Waals surface area contributed by atoms with Crippen molar-refractivity contribution in [2.24, 2.45) is 10.9 Å². The van der Waals surface area contributed by atoms with Crippen LogP contribution in [0.5, 0.6) is 0 Å². The third-order valence-corrected chi connectivity index (χ3v) is 5.16. The molecule has 0 aliphatic heterocycles. The van der Waals surface area contributed by atoms with Crippen LogP contribution in [0, 0.1) is 5.92 Å². The first-order valence-electron chi connectivity index (χ1n) is 7.15. The molecular weight excluding hydrogens is 451 g/mol. The van der Waals surface area contributed by atoms with E-state index in [9.17, 15) is 8.42 Å². The molecule has 1 saturated carbocycles. The van der Waals surface area contributed by atoms with Crippen LogP contribution in [0.25, 0.3) is 0 Å². The summed E-state index contributed by atoms with van der Waals surface area (Å²) in [5.41, 5.74) is 0. The van der Waals surface area contributed by atoms with Crippen LogP contribution in [-0.4, -0.2) is 40.6 Å². The van der Waals surface area contributed by atoms with Crippen molar-refractivity contribution in [1.29, 1.82) is 0 Å². The Morgan fingerprint density at radius 2 is 2.09 bits per heavy atom. The molecule has 2 rings (SSSR count). The van der Waals surface area contributed by atoms with Crippen molar-refractivity contribution in [1.82, 2.24) is 15.4 Å². The average Bonchev–Trinajstić information content (AvgIpc) is 3.17. The number of sulfonamides is 1. The molecule has 1 aromatic rings. The van der Waals surface area contributed by atoms with Crippen molar-refractivity contribution < 1.29 is 8.42 Å². The molecule has 0 bridgehead atoms. The number of benzene rings is 1.